The smallest absolute Gasteiger partial charge is 0.246 e. The normalized spacial score (nSPS) is 11.7. The van der Waals surface area contributed by atoms with Gasteiger partial charge in [0.2, 0.25) is 5.55 Å². The summed E-state index contributed by atoms with van der Waals surface area (Å²) in [6, 6.07) is 26.5. The van der Waals surface area contributed by atoms with Crippen molar-refractivity contribution >= 4 is 49.6 Å². The van der Waals surface area contributed by atoms with E-state index in [1.165, 1.54) is 0 Å². The lowest BCUT2D eigenvalue weighted by molar-refractivity contribution is 0.543. The third-order valence-corrected chi connectivity index (χ3v) is 7.20. The first-order valence-corrected chi connectivity index (χ1v) is 13.2. The molecule has 0 fully saturated rings. The lowest BCUT2D eigenvalue weighted by atomic mass is 10.1. The number of thiazole rings is 1. The first-order chi connectivity index (χ1) is 17.1. The largest absolute Gasteiger partial charge is 0.436 e. The molecular formula is C28H25BrN4OS. The maximum atomic E-state index is 6.38. The van der Waals surface area contributed by atoms with Gasteiger partial charge in [0.15, 0.2) is 0 Å². The van der Waals surface area contributed by atoms with Gasteiger partial charge in [-0.15, -0.1) is 16.4 Å². The zero-order chi connectivity index (χ0) is 24.2. The second-order valence-electron chi connectivity index (χ2n) is 7.99. The minimum Gasteiger partial charge on any atom is -0.436 e. The molecule has 0 unspecified atom stereocenters. The Morgan fingerprint density at radius 3 is 2.49 bits per heavy atom. The number of fused-ring (bicyclic) bond motifs is 1. The zero-order valence-corrected chi connectivity index (χ0v) is 21.9. The monoisotopic (exact) mass is 544 g/mol. The van der Waals surface area contributed by atoms with E-state index >= 15 is 0 Å². The van der Waals surface area contributed by atoms with Crippen molar-refractivity contribution in [3.05, 3.63) is 94.3 Å². The van der Waals surface area contributed by atoms with E-state index < -0.39 is 0 Å². The third-order valence-electron chi connectivity index (χ3n) is 5.80. The molecule has 0 aliphatic carbocycles. The van der Waals surface area contributed by atoms with Crippen LogP contribution in [0.15, 0.2) is 98.2 Å². The molecule has 0 aliphatic rings. The molecule has 5 nitrogen and oxygen atoms in total. The van der Waals surface area contributed by atoms with E-state index in [1.807, 2.05) is 42.5 Å². The number of nitrogens with zero attached hydrogens (tertiary/aromatic N) is 3. The molecule has 0 aliphatic heterocycles. The quantitative estimate of drug-likeness (QED) is 0.213. The molecule has 5 rings (SSSR count). The van der Waals surface area contributed by atoms with Crippen molar-refractivity contribution in [2.45, 2.75) is 13.8 Å². The summed E-state index contributed by atoms with van der Waals surface area (Å²) in [6.07, 6.45) is 0. The first-order valence-electron chi connectivity index (χ1n) is 11.5. The van der Waals surface area contributed by atoms with Crippen LogP contribution in [-0.4, -0.2) is 18.1 Å². The molecule has 176 valence electrons. The molecule has 3 aromatic carbocycles. The van der Waals surface area contributed by atoms with Crippen LogP contribution in [0.2, 0.25) is 0 Å². The second-order valence-corrected chi connectivity index (χ2v) is 9.77. The van der Waals surface area contributed by atoms with Crippen LogP contribution < -0.4 is 15.9 Å². The van der Waals surface area contributed by atoms with Gasteiger partial charge in [0.1, 0.15) is 10.6 Å². The van der Waals surface area contributed by atoms with Gasteiger partial charge in [-0.1, -0.05) is 46.3 Å². The highest BCUT2D eigenvalue weighted by molar-refractivity contribution is 9.10. The standard InChI is InChI=1S/C28H25BrN4OS/c1-3-33(4-2)23-15-12-20-16-24(28-30-25(18-35-28)19-10-13-21(29)14-11-19)27(34-26(20)17-23)32-31-22-8-6-5-7-9-22/h5-18,31H,3-4H2,1-2H3/b32-27+. The van der Waals surface area contributed by atoms with Crippen molar-refractivity contribution in [3.8, 4) is 21.8 Å². The lowest BCUT2D eigenvalue weighted by Gasteiger charge is -2.21. The summed E-state index contributed by atoms with van der Waals surface area (Å²) >= 11 is 5.08. The maximum absolute atomic E-state index is 6.38. The molecule has 1 N–H and O–H groups in total. The summed E-state index contributed by atoms with van der Waals surface area (Å²) in [5, 5.41) is 8.58. The fraction of sp³-hybridized carbons (Fsp3) is 0.143. The van der Waals surface area contributed by atoms with Crippen LogP contribution in [0.25, 0.3) is 32.8 Å². The third kappa shape index (κ3) is 5.16. The molecule has 2 heterocycles. The van der Waals surface area contributed by atoms with Gasteiger partial charge >= 0.3 is 0 Å². The predicted molar refractivity (Wildman–Crippen MR) is 150 cm³/mol. The number of rotatable bonds is 7. The Hall–Kier alpha value is -3.42. The van der Waals surface area contributed by atoms with Gasteiger partial charge in [-0.05, 0) is 56.3 Å². The highest BCUT2D eigenvalue weighted by Gasteiger charge is 2.13. The Morgan fingerprint density at radius 1 is 0.971 bits per heavy atom. The minimum absolute atomic E-state index is 0.495. The van der Waals surface area contributed by atoms with E-state index in [2.05, 4.69) is 87.0 Å². The average Bonchev–Trinajstić information content (AvgIpc) is 3.39. The van der Waals surface area contributed by atoms with Crippen molar-refractivity contribution in [2.75, 3.05) is 23.4 Å². The van der Waals surface area contributed by atoms with E-state index in [9.17, 15) is 0 Å². The summed E-state index contributed by atoms with van der Waals surface area (Å²) in [7, 11) is 0. The molecule has 0 bridgehead atoms. The second kappa shape index (κ2) is 10.5. The summed E-state index contributed by atoms with van der Waals surface area (Å²) in [6.45, 7) is 6.18. The van der Waals surface area contributed by atoms with Gasteiger partial charge < -0.3 is 9.32 Å². The van der Waals surface area contributed by atoms with Gasteiger partial charge in [0, 0.05) is 45.6 Å². The molecule has 2 aromatic heterocycles. The Morgan fingerprint density at radius 2 is 1.74 bits per heavy atom. The number of benzene rings is 3. The highest BCUT2D eigenvalue weighted by Crippen LogP contribution is 2.30. The van der Waals surface area contributed by atoms with Crippen LogP contribution in [0.5, 0.6) is 0 Å². The number of aromatic nitrogens is 1. The first kappa shape index (κ1) is 23.3. The van der Waals surface area contributed by atoms with Gasteiger partial charge in [0.25, 0.3) is 0 Å². The summed E-state index contributed by atoms with van der Waals surface area (Å²) < 4.78 is 7.43. The predicted octanol–water partition coefficient (Wildman–Crippen LogP) is 7.76. The number of hydrogen-bond donors (Lipinski definition) is 1. The van der Waals surface area contributed by atoms with E-state index in [0.717, 1.165) is 61.7 Å². The minimum atomic E-state index is 0.495. The van der Waals surface area contributed by atoms with Crippen LogP contribution >= 0.6 is 27.3 Å². The molecular weight excluding hydrogens is 520 g/mol. The summed E-state index contributed by atoms with van der Waals surface area (Å²) in [5.41, 5.74) is 9.28. The zero-order valence-electron chi connectivity index (χ0n) is 19.5. The number of hydrogen-bond acceptors (Lipinski definition) is 6. The van der Waals surface area contributed by atoms with Crippen LogP contribution in [0.3, 0.4) is 0 Å². The van der Waals surface area contributed by atoms with E-state index in [1.54, 1.807) is 11.3 Å². The SMILES string of the molecule is CCN(CC)c1ccc2cc(-c3nc(-c4ccc(Br)cc4)cs3)/c(=N\Nc3ccccc3)oc2c1. The molecule has 0 atom stereocenters. The molecule has 7 heteroatoms. The fourth-order valence-electron chi connectivity index (χ4n) is 3.91. The molecule has 5 aromatic rings. The Bertz CT molecular complexity index is 1510. The Balaban J connectivity index is 1.62. The fourth-order valence-corrected chi connectivity index (χ4v) is 5.01. The topological polar surface area (TPSA) is 53.7 Å². The molecule has 0 saturated heterocycles. The van der Waals surface area contributed by atoms with Crippen LogP contribution in [0.4, 0.5) is 11.4 Å². The maximum Gasteiger partial charge on any atom is 0.246 e. The molecule has 0 radical (unpaired) electrons. The number of nitrogens with one attached hydrogen (secondary N) is 1. The van der Waals surface area contributed by atoms with E-state index in [0.29, 0.717) is 5.55 Å². The van der Waals surface area contributed by atoms with Crippen LogP contribution in [0.1, 0.15) is 13.8 Å². The van der Waals surface area contributed by atoms with Gasteiger partial charge in [-0.3, -0.25) is 5.43 Å². The molecule has 0 saturated carbocycles. The molecule has 0 spiro atoms. The summed E-state index contributed by atoms with van der Waals surface area (Å²) in [5.74, 6) is 0. The van der Waals surface area contributed by atoms with Crippen molar-refractivity contribution in [1.82, 2.24) is 4.98 Å². The van der Waals surface area contributed by atoms with Crippen LogP contribution in [-0.2, 0) is 0 Å². The van der Waals surface area contributed by atoms with Gasteiger partial charge in [0.05, 0.1) is 16.9 Å². The number of para-hydroxylation sites is 1. The van der Waals surface area contributed by atoms with Gasteiger partial charge in [-0.2, -0.15) is 0 Å². The van der Waals surface area contributed by atoms with E-state index in [-0.39, 0.29) is 0 Å². The highest BCUT2D eigenvalue weighted by atomic mass is 79.9. The Labute approximate surface area is 216 Å². The van der Waals surface area contributed by atoms with Crippen molar-refractivity contribution in [3.63, 3.8) is 0 Å². The number of halogens is 1. The van der Waals surface area contributed by atoms with Crippen molar-refractivity contribution in [1.29, 1.82) is 0 Å². The average molecular weight is 546 g/mol. The van der Waals surface area contributed by atoms with Crippen molar-refractivity contribution < 1.29 is 4.42 Å². The molecule has 35 heavy (non-hydrogen) atoms. The lowest BCUT2D eigenvalue weighted by Crippen LogP contribution is -2.21. The van der Waals surface area contributed by atoms with E-state index in [4.69, 9.17) is 9.40 Å². The Kier molecular flexibility index (Phi) is 6.97. The summed E-state index contributed by atoms with van der Waals surface area (Å²) in [4.78, 5) is 7.22. The van der Waals surface area contributed by atoms with Crippen molar-refractivity contribution in [2.24, 2.45) is 5.10 Å². The van der Waals surface area contributed by atoms with Gasteiger partial charge in [-0.25, -0.2) is 4.98 Å². The number of anilines is 2. The molecule has 0 amide bonds. The van der Waals surface area contributed by atoms with Crippen LogP contribution in [0, 0.1) is 0 Å².